The number of aromatic nitrogens is 2. The zero-order chi connectivity index (χ0) is 18.4. The Kier molecular flexibility index (Phi) is 5.63. The van der Waals surface area contributed by atoms with Crippen LogP contribution in [0, 0.1) is 6.92 Å². The number of benzene rings is 2. The van der Waals surface area contributed by atoms with Crippen molar-refractivity contribution < 1.29 is 14.1 Å². The Balaban J connectivity index is 1.48. The molecule has 3 aromatic rings. The number of nitrogens with zero attached hydrogens (tertiary/aromatic N) is 2. The van der Waals surface area contributed by atoms with Crippen LogP contribution in [0.4, 0.5) is 0 Å². The zero-order valence-electron chi connectivity index (χ0n) is 14.9. The molecule has 134 valence electrons. The molecule has 0 bridgehead atoms. The Morgan fingerprint density at radius 3 is 2.73 bits per heavy atom. The maximum Gasteiger partial charge on any atom is 0.251 e. The van der Waals surface area contributed by atoms with Crippen LogP contribution in [0.1, 0.15) is 28.2 Å². The van der Waals surface area contributed by atoms with Gasteiger partial charge in [-0.15, -0.1) is 0 Å². The van der Waals surface area contributed by atoms with Crippen molar-refractivity contribution >= 4 is 5.91 Å². The molecule has 0 spiro atoms. The highest BCUT2D eigenvalue weighted by molar-refractivity contribution is 5.94. The lowest BCUT2D eigenvalue weighted by Crippen LogP contribution is -2.24. The molecule has 0 radical (unpaired) electrons. The van der Waals surface area contributed by atoms with Crippen LogP contribution >= 0.6 is 0 Å². The fourth-order valence-corrected chi connectivity index (χ4v) is 2.54. The average Bonchev–Trinajstić information content (AvgIpc) is 3.14. The summed E-state index contributed by atoms with van der Waals surface area (Å²) >= 11 is 0. The van der Waals surface area contributed by atoms with E-state index in [-0.39, 0.29) is 5.91 Å². The molecule has 6 nitrogen and oxygen atoms in total. The second kappa shape index (κ2) is 8.29. The van der Waals surface area contributed by atoms with Crippen molar-refractivity contribution in [2.75, 3.05) is 13.7 Å². The van der Waals surface area contributed by atoms with Crippen LogP contribution in [0.3, 0.4) is 0 Å². The van der Waals surface area contributed by atoms with Gasteiger partial charge in [-0.2, -0.15) is 4.98 Å². The van der Waals surface area contributed by atoms with E-state index in [0.29, 0.717) is 30.2 Å². The van der Waals surface area contributed by atoms with Gasteiger partial charge < -0.3 is 14.6 Å². The number of amides is 1. The van der Waals surface area contributed by atoms with Gasteiger partial charge in [-0.3, -0.25) is 4.79 Å². The lowest BCUT2D eigenvalue weighted by Gasteiger charge is -2.04. The number of carbonyl (C=O) groups is 1. The molecule has 1 heterocycles. The summed E-state index contributed by atoms with van der Waals surface area (Å²) in [5.41, 5.74) is 2.60. The lowest BCUT2D eigenvalue weighted by molar-refractivity contribution is 0.0953. The molecule has 0 fully saturated rings. The maximum atomic E-state index is 12.1. The highest BCUT2D eigenvalue weighted by Crippen LogP contribution is 2.19. The lowest BCUT2D eigenvalue weighted by atomic mass is 10.1. The Hall–Kier alpha value is -3.15. The number of rotatable bonds is 7. The molecule has 0 unspecified atom stereocenters. The Morgan fingerprint density at radius 2 is 2.00 bits per heavy atom. The van der Waals surface area contributed by atoms with Gasteiger partial charge in [0.15, 0.2) is 0 Å². The molecule has 2 aromatic carbocycles. The molecule has 1 N–H and O–H groups in total. The summed E-state index contributed by atoms with van der Waals surface area (Å²) in [5.74, 6) is 1.81. The van der Waals surface area contributed by atoms with Gasteiger partial charge in [0.25, 0.3) is 5.91 Å². The largest absolute Gasteiger partial charge is 0.497 e. The third kappa shape index (κ3) is 4.47. The molecule has 0 aliphatic carbocycles. The molecule has 0 saturated heterocycles. The molecule has 0 saturated carbocycles. The first-order valence-electron chi connectivity index (χ1n) is 8.47. The predicted molar refractivity (Wildman–Crippen MR) is 98.1 cm³/mol. The van der Waals surface area contributed by atoms with Crippen molar-refractivity contribution in [2.24, 2.45) is 0 Å². The van der Waals surface area contributed by atoms with Crippen molar-refractivity contribution in [1.82, 2.24) is 15.5 Å². The Labute approximate surface area is 152 Å². The number of hydrogen-bond acceptors (Lipinski definition) is 5. The highest BCUT2D eigenvalue weighted by Gasteiger charge is 2.09. The molecule has 6 heteroatoms. The second-order valence-electron chi connectivity index (χ2n) is 5.97. The minimum Gasteiger partial charge on any atom is -0.497 e. The first kappa shape index (κ1) is 17.7. The molecule has 0 aliphatic heterocycles. The van der Waals surface area contributed by atoms with E-state index in [1.165, 1.54) is 0 Å². The SMILES string of the molecule is COc1ccc(-c2noc(CCCNC(=O)c3cccc(C)c3)n2)cc1. The average molecular weight is 351 g/mol. The number of methoxy groups -OCH3 is 1. The van der Waals surface area contributed by atoms with Crippen LogP contribution in [-0.2, 0) is 6.42 Å². The summed E-state index contributed by atoms with van der Waals surface area (Å²) in [6.45, 7) is 2.51. The quantitative estimate of drug-likeness (QED) is 0.660. The van der Waals surface area contributed by atoms with E-state index in [9.17, 15) is 4.79 Å². The second-order valence-corrected chi connectivity index (χ2v) is 5.97. The zero-order valence-corrected chi connectivity index (χ0v) is 14.9. The summed E-state index contributed by atoms with van der Waals surface area (Å²) in [5, 5.41) is 6.90. The molecule has 3 rings (SSSR count). The molecule has 26 heavy (non-hydrogen) atoms. The molecule has 1 amide bonds. The maximum absolute atomic E-state index is 12.1. The Morgan fingerprint density at radius 1 is 1.19 bits per heavy atom. The fourth-order valence-electron chi connectivity index (χ4n) is 2.54. The molecular weight excluding hydrogens is 330 g/mol. The topological polar surface area (TPSA) is 77.3 Å². The molecular formula is C20H21N3O3. The summed E-state index contributed by atoms with van der Waals surface area (Å²) in [7, 11) is 1.62. The van der Waals surface area contributed by atoms with E-state index in [1.807, 2.05) is 55.5 Å². The number of ether oxygens (including phenoxy) is 1. The van der Waals surface area contributed by atoms with Gasteiger partial charge in [0.2, 0.25) is 11.7 Å². The smallest absolute Gasteiger partial charge is 0.251 e. The van der Waals surface area contributed by atoms with Crippen molar-refractivity contribution in [3.8, 4) is 17.1 Å². The first-order chi connectivity index (χ1) is 12.7. The van der Waals surface area contributed by atoms with E-state index in [4.69, 9.17) is 9.26 Å². The highest BCUT2D eigenvalue weighted by atomic mass is 16.5. The standard InChI is InChI=1S/C20H21N3O3/c1-14-5-3-6-16(13-14)20(24)21-12-4-7-18-22-19(23-26-18)15-8-10-17(25-2)11-9-15/h3,5-6,8-11,13H,4,7,12H2,1-2H3,(H,21,24). The van der Waals surface area contributed by atoms with Crippen LogP contribution in [-0.4, -0.2) is 29.7 Å². The normalized spacial score (nSPS) is 10.5. The van der Waals surface area contributed by atoms with Crippen LogP contribution in [0.2, 0.25) is 0 Å². The molecule has 1 aromatic heterocycles. The summed E-state index contributed by atoms with van der Waals surface area (Å²) in [6, 6.07) is 15.0. The third-order valence-corrected chi connectivity index (χ3v) is 3.95. The van der Waals surface area contributed by atoms with Crippen LogP contribution < -0.4 is 10.1 Å². The van der Waals surface area contributed by atoms with Crippen LogP contribution in [0.5, 0.6) is 5.75 Å². The third-order valence-electron chi connectivity index (χ3n) is 3.95. The van der Waals surface area contributed by atoms with Gasteiger partial charge in [0.05, 0.1) is 7.11 Å². The van der Waals surface area contributed by atoms with Gasteiger partial charge in [-0.1, -0.05) is 22.9 Å². The Bertz CT molecular complexity index is 872. The predicted octanol–water partition coefficient (Wildman–Crippen LogP) is 3.42. The van der Waals surface area contributed by atoms with Crippen molar-refractivity contribution in [1.29, 1.82) is 0 Å². The van der Waals surface area contributed by atoms with E-state index in [2.05, 4.69) is 15.5 Å². The van der Waals surface area contributed by atoms with E-state index in [1.54, 1.807) is 7.11 Å². The van der Waals surface area contributed by atoms with E-state index < -0.39 is 0 Å². The van der Waals surface area contributed by atoms with Crippen molar-refractivity contribution in [3.05, 3.63) is 65.5 Å². The number of carbonyl (C=O) groups excluding carboxylic acids is 1. The van der Waals surface area contributed by atoms with Gasteiger partial charge in [0, 0.05) is 24.1 Å². The summed E-state index contributed by atoms with van der Waals surface area (Å²) < 4.78 is 10.4. The van der Waals surface area contributed by atoms with Gasteiger partial charge in [-0.05, 0) is 49.7 Å². The summed E-state index contributed by atoms with van der Waals surface area (Å²) in [6.07, 6.45) is 1.33. The number of aryl methyl sites for hydroxylation is 2. The van der Waals surface area contributed by atoms with Crippen molar-refractivity contribution in [2.45, 2.75) is 19.8 Å². The van der Waals surface area contributed by atoms with E-state index in [0.717, 1.165) is 23.3 Å². The van der Waals surface area contributed by atoms with Crippen LogP contribution in [0.15, 0.2) is 53.1 Å². The summed E-state index contributed by atoms with van der Waals surface area (Å²) in [4.78, 5) is 16.5. The number of nitrogens with one attached hydrogen (secondary N) is 1. The minimum atomic E-state index is -0.0712. The van der Waals surface area contributed by atoms with Gasteiger partial charge in [-0.25, -0.2) is 0 Å². The van der Waals surface area contributed by atoms with Gasteiger partial charge >= 0.3 is 0 Å². The van der Waals surface area contributed by atoms with E-state index >= 15 is 0 Å². The van der Waals surface area contributed by atoms with Gasteiger partial charge in [0.1, 0.15) is 5.75 Å². The molecule has 0 atom stereocenters. The van der Waals surface area contributed by atoms with Crippen molar-refractivity contribution in [3.63, 3.8) is 0 Å². The number of hydrogen-bond donors (Lipinski definition) is 1. The fraction of sp³-hybridized carbons (Fsp3) is 0.250. The van der Waals surface area contributed by atoms with Crippen LogP contribution in [0.25, 0.3) is 11.4 Å². The monoisotopic (exact) mass is 351 g/mol. The minimum absolute atomic E-state index is 0.0712. The first-order valence-corrected chi connectivity index (χ1v) is 8.47. The molecule has 0 aliphatic rings.